The van der Waals surface area contributed by atoms with Crippen LogP contribution in [0.3, 0.4) is 0 Å². The Bertz CT molecular complexity index is 441. The summed E-state index contributed by atoms with van der Waals surface area (Å²) in [6, 6.07) is 9.43. The number of hydrogen-bond acceptors (Lipinski definition) is 3. The number of hydroxylamine groups is 1. The zero-order chi connectivity index (χ0) is 12.3. The lowest BCUT2D eigenvalue weighted by molar-refractivity contribution is -0.518. The van der Waals surface area contributed by atoms with Crippen LogP contribution in [0.2, 0.25) is 0 Å². The number of carbonyl (C=O) groups is 1. The lowest BCUT2D eigenvalue weighted by Gasteiger charge is -2.21. The maximum atomic E-state index is 11.9. The molecule has 0 unspecified atom stereocenters. The Morgan fingerprint density at radius 2 is 2.18 bits per heavy atom. The van der Waals surface area contributed by atoms with E-state index in [0.717, 1.165) is 5.56 Å². The second-order valence-electron chi connectivity index (χ2n) is 4.38. The molecule has 1 aliphatic heterocycles. The van der Waals surface area contributed by atoms with E-state index >= 15 is 0 Å². The number of carbonyl (C=O) groups excluding carboxylic acids is 1. The largest absolute Gasteiger partial charge is 0.623 e. The van der Waals surface area contributed by atoms with Crippen molar-refractivity contribution in [3.8, 4) is 0 Å². The van der Waals surface area contributed by atoms with Gasteiger partial charge in [-0.3, -0.25) is 0 Å². The summed E-state index contributed by atoms with van der Waals surface area (Å²) in [4.78, 5) is 11.9. The summed E-state index contributed by atoms with van der Waals surface area (Å²) in [6.07, 6.45) is 2.63. The monoisotopic (exact) mass is 233 g/mol. The van der Waals surface area contributed by atoms with E-state index in [4.69, 9.17) is 4.74 Å². The average molecular weight is 233 g/mol. The van der Waals surface area contributed by atoms with Crippen LogP contribution in [-0.2, 0) is 16.1 Å². The number of rotatable bonds is 3. The first-order chi connectivity index (χ1) is 8.13. The predicted molar refractivity (Wildman–Crippen MR) is 63.6 cm³/mol. The molecule has 1 aromatic carbocycles. The summed E-state index contributed by atoms with van der Waals surface area (Å²) >= 11 is 0. The Morgan fingerprint density at radius 3 is 2.76 bits per heavy atom. The molecule has 1 aliphatic rings. The molecular weight excluding hydrogens is 218 g/mol. The van der Waals surface area contributed by atoms with E-state index in [1.54, 1.807) is 6.92 Å². The van der Waals surface area contributed by atoms with E-state index < -0.39 is 11.5 Å². The molecule has 1 heterocycles. The molecule has 0 aliphatic carbocycles. The van der Waals surface area contributed by atoms with Crippen molar-refractivity contribution in [1.82, 2.24) is 0 Å². The molecule has 0 radical (unpaired) electrons. The Morgan fingerprint density at radius 1 is 1.47 bits per heavy atom. The van der Waals surface area contributed by atoms with Crippen LogP contribution in [0, 0.1) is 5.21 Å². The maximum Gasteiger partial charge on any atom is 0.379 e. The molecular formula is C13H15NO3. The fourth-order valence-corrected chi connectivity index (χ4v) is 1.85. The molecule has 17 heavy (non-hydrogen) atoms. The molecule has 0 aromatic heterocycles. The van der Waals surface area contributed by atoms with Gasteiger partial charge in [0.15, 0.2) is 6.21 Å². The predicted octanol–water partition coefficient (Wildman–Crippen LogP) is 1.86. The van der Waals surface area contributed by atoms with Crippen molar-refractivity contribution in [2.24, 2.45) is 0 Å². The Labute approximate surface area is 100 Å². The van der Waals surface area contributed by atoms with E-state index in [0.29, 0.717) is 17.6 Å². The molecule has 1 aromatic rings. The van der Waals surface area contributed by atoms with Crippen molar-refractivity contribution in [1.29, 1.82) is 0 Å². The number of ether oxygens (including phenoxy) is 1. The summed E-state index contributed by atoms with van der Waals surface area (Å²) in [6.45, 7) is 1.83. The highest BCUT2D eigenvalue weighted by Gasteiger charge is 2.46. The Hall–Kier alpha value is -1.84. The second-order valence-corrected chi connectivity index (χ2v) is 4.38. The molecule has 4 nitrogen and oxygen atoms in total. The van der Waals surface area contributed by atoms with Crippen molar-refractivity contribution in [3.63, 3.8) is 0 Å². The van der Waals surface area contributed by atoms with E-state index in [9.17, 15) is 10.0 Å². The highest BCUT2D eigenvalue weighted by Crippen LogP contribution is 2.23. The van der Waals surface area contributed by atoms with Crippen molar-refractivity contribution in [2.75, 3.05) is 0 Å². The first-order valence-corrected chi connectivity index (χ1v) is 5.64. The summed E-state index contributed by atoms with van der Waals surface area (Å²) < 4.78 is 5.89. The van der Waals surface area contributed by atoms with Gasteiger partial charge in [0, 0.05) is 19.8 Å². The van der Waals surface area contributed by atoms with Gasteiger partial charge in [-0.2, -0.15) is 4.74 Å². The molecule has 4 heteroatoms. The molecule has 1 atom stereocenters. The first kappa shape index (κ1) is 11.6. The van der Waals surface area contributed by atoms with E-state index in [1.165, 1.54) is 6.21 Å². The van der Waals surface area contributed by atoms with Crippen molar-refractivity contribution in [2.45, 2.75) is 31.9 Å². The second kappa shape index (κ2) is 4.57. The third-order valence-electron chi connectivity index (χ3n) is 3.06. The first-order valence-electron chi connectivity index (χ1n) is 5.64. The van der Waals surface area contributed by atoms with Gasteiger partial charge in [0.2, 0.25) is 0 Å². The highest BCUT2D eigenvalue weighted by molar-refractivity contribution is 5.81. The lowest BCUT2D eigenvalue weighted by Crippen LogP contribution is -2.42. The van der Waals surface area contributed by atoms with Gasteiger partial charge in [-0.05, 0) is 5.56 Å². The Kier molecular flexibility index (Phi) is 3.13. The van der Waals surface area contributed by atoms with E-state index in [2.05, 4.69) is 0 Å². The number of esters is 1. The number of hydrogen-bond donors (Lipinski definition) is 0. The van der Waals surface area contributed by atoms with Gasteiger partial charge in [0.25, 0.3) is 5.54 Å². The molecule has 0 spiro atoms. The zero-order valence-corrected chi connectivity index (χ0v) is 9.76. The average Bonchev–Trinajstić information content (AvgIpc) is 2.69. The van der Waals surface area contributed by atoms with Crippen LogP contribution < -0.4 is 0 Å². The summed E-state index contributed by atoms with van der Waals surface area (Å²) in [5, 5.41) is 11.5. The van der Waals surface area contributed by atoms with Gasteiger partial charge in [-0.15, -0.1) is 0 Å². The van der Waals surface area contributed by atoms with Gasteiger partial charge in [0.1, 0.15) is 6.61 Å². The van der Waals surface area contributed by atoms with E-state index in [1.807, 2.05) is 30.3 Å². The molecule has 0 bridgehead atoms. The van der Waals surface area contributed by atoms with Crippen LogP contribution in [0.5, 0.6) is 0 Å². The van der Waals surface area contributed by atoms with Gasteiger partial charge in [0.05, 0.1) is 0 Å². The lowest BCUT2D eigenvalue weighted by atomic mass is 10.0. The SMILES string of the molecule is C[C@]1(C(=O)OCc2ccccc2)CCC=[N+]1[O-]. The van der Waals surface area contributed by atoms with E-state index in [-0.39, 0.29) is 6.61 Å². The minimum atomic E-state index is -1.05. The molecule has 90 valence electrons. The van der Waals surface area contributed by atoms with Crippen LogP contribution in [0.1, 0.15) is 25.3 Å². The topological polar surface area (TPSA) is 52.4 Å². The number of nitrogens with zero attached hydrogens (tertiary/aromatic N) is 1. The van der Waals surface area contributed by atoms with Gasteiger partial charge >= 0.3 is 5.97 Å². The van der Waals surface area contributed by atoms with Crippen LogP contribution in [-0.4, -0.2) is 22.5 Å². The minimum absolute atomic E-state index is 0.211. The smallest absolute Gasteiger partial charge is 0.379 e. The fraction of sp³-hybridized carbons (Fsp3) is 0.385. The third-order valence-corrected chi connectivity index (χ3v) is 3.06. The minimum Gasteiger partial charge on any atom is -0.623 e. The fourth-order valence-electron chi connectivity index (χ4n) is 1.85. The molecule has 0 fully saturated rings. The summed E-state index contributed by atoms with van der Waals surface area (Å²) in [5.41, 5.74) is -0.127. The van der Waals surface area contributed by atoms with Gasteiger partial charge in [-0.1, -0.05) is 30.3 Å². The maximum absolute atomic E-state index is 11.9. The summed E-state index contributed by atoms with van der Waals surface area (Å²) in [5.74, 6) is -0.454. The number of benzene rings is 1. The normalized spacial score (nSPS) is 23.2. The standard InChI is InChI=1S/C13H15NO3/c1-13(8-5-9-14(13)16)12(15)17-10-11-6-3-2-4-7-11/h2-4,6-7,9H,5,8,10H2,1H3/t13-/m1/s1. The molecule has 2 rings (SSSR count). The van der Waals surface area contributed by atoms with Crippen molar-refractivity contribution >= 4 is 12.2 Å². The van der Waals surface area contributed by atoms with Gasteiger partial charge < -0.3 is 9.94 Å². The van der Waals surface area contributed by atoms with Crippen LogP contribution in [0.15, 0.2) is 30.3 Å². The van der Waals surface area contributed by atoms with Crippen LogP contribution in [0.4, 0.5) is 0 Å². The molecule has 0 saturated heterocycles. The van der Waals surface area contributed by atoms with Crippen LogP contribution in [0.25, 0.3) is 0 Å². The highest BCUT2D eigenvalue weighted by atomic mass is 16.5. The van der Waals surface area contributed by atoms with Gasteiger partial charge in [-0.25, -0.2) is 4.79 Å². The molecule has 0 amide bonds. The quantitative estimate of drug-likeness (QED) is 0.455. The van der Waals surface area contributed by atoms with Crippen LogP contribution >= 0.6 is 0 Å². The third kappa shape index (κ3) is 2.30. The molecule has 0 saturated carbocycles. The van der Waals surface area contributed by atoms with Crippen molar-refractivity contribution in [3.05, 3.63) is 41.1 Å². The Balaban J connectivity index is 1.97. The molecule has 0 N–H and O–H groups in total. The zero-order valence-electron chi connectivity index (χ0n) is 9.76. The van der Waals surface area contributed by atoms with Crippen molar-refractivity contribution < 1.29 is 14.3 Å². The summed E-state index contributed by atoms with van der Waals surface area (Å²) in [7, 11) is 0.